The van der Waals surface area contributed by atoms with E-state index in [0.29, 0.717) is 12.8 Å². The normalized spacial score (nSPS) is 11.6. The second kappa shape index (κ2) is 8.95. The lowest BCUT2D eigenvalue weighted by Crippen LogP contribution is -2.41. The summed E-state index contributed by atoms with van der Waals surface area (Å²) in [6, 6.07) is -0.512. The fraction of sp³-hybridized carbons (Fsp3) is 0.667. The highest BCUT2D eigenvalue weighted by atomic mass is 16.5. The number of esters is 1. The zero-order valence-corrected chi connectivity index (χ0v) is 10.1. The minimum atomic E-state index is -0.512. The molecule has 0 aliphatic rings. The Labute approximate surface area is 97.1 Å². The van der Waals surface area contributed by atoms with Gasteiger partial charge in [-0.1, -0.05) is 19.4 Å². The van der Waals surface area contributed by atoms with Crippen LogP contribution in [0.4, 0.5) is 0 Å². The highest BCUT2D eigenvalue weighted by Gasteiger charge is 2.19. The molecule has 1 N–H and O–H groups in total. The molecule has 1 amide bonds. The molecule has 0 bridgehead atoms. The van der Waals surface area contributed by atoms with Crippen LogP contribution in [0, 0.1) is 0 Å². The number of nitrogens with one attached hydrogen (secondary N) is 1. The standard InChI is InChI=1S/C12H21NO3/c1-4-6-7-8-9-10(12(15)16-3)13-11(14)5-2/h4,10H,1,5-9H2,2-3H3,(H,13,14). The summed E-state index contributed by atoms with van der Waals surface area (Å²) in [6.07, 6.45) is 5.61. The lowest BCUT2D eigenvalue weighted by molar-refractivity contribution is -0.145. The van der Waals surface area contributed by atoms with Crippen molar-refractivity contribution in [3.05, 3.63) is 12.7 Å². The predicted octanol–water partition coefficient (Wildman–Crippen LogP) is 1.80. The van der Waals surface area contributed by atoms with E-state index < -0.39 is 6.04 Å². The van der Waals surface area contributed by atoms with Gasteiger partial charge in [0.2, 0.25) is 5.91 Å². The fourth-order valence-corrected chi connectivity index (χ4v) is 1.32. The smallest absolute Gasteiger partial charge is 0.328 e. The van der Waals surface area contributed by atoms with Gasteiger partial charge in [0.25, 0.3) is 0 Å². The van der Waals surface area contributed by atoms with Crippen LogP contribution in [0.2, 0.25) is 0 Å². The Kier molecular flexibility index (Phi) is 8.21. The molecule has 1 unspecified atom stereocenters. The topological polar surface area (TPSA) is 55.4 Å². The highest BCUT2D eigenvalue weighted by molar-refractivity contribution is 5.84. The summed E-state index contributed by atoms with van der Waals surface area (Å²) < 4.78 is 4.64. The van der Waals surface area contributed by atoms with Crippen molar-refractivity contribution < 1.29 is 14.3 Å². The molecule has 0 spiro atoms. The van der Waals surface area contributed by atoms with E-state index in [4.69, 9.17) is 0 Å². The van der Waals surface area contributed by atoms with Gasteiger partial charge in [-0.25, -0.2) is 4.79 Å². The third kappa shape index (κ3) is 6.22. The number of hydrogen-bond donors (Lipinski definition) is 1. The minimum Gasteiger partial charge on any atom is -0.467 e. The van der Waals surface area contributed by atoms with E-state index >= 15 is 0 Å². The first kappa shape index (κ1) is 14.7. The summed E-state index contributed by atoms with van der Waals surface area (Å²) in [5, 5.41) is 2.65. The molecule has 0 aromatic heterocycles. The molecule has 92 valence electrons. The molecule has 4 nitrogen and oxygen atoms in total. The summed E-state index contributed by atoms with van der Waals surface area (Å²) in [5.74, 6) is -0.500. The molecule has 0 aromatic rings. The number of carbonyl (C=O) groups is 2. The zero-order valence-electron chi connectivity index (χ0n) is 10.1. The number of methoxy groups -OCH3 is 1. The molecule has 0 aliphatic carbocycles. The van der Waals surface area contributed by atoms with Crippen molar-refractivity contribution in [3.63, 3.8) is 0 Å². The number of unbranched alkanes of at least 4 members (excludes halogenated alkanes) is 2. The van der Waals surface area contributed by atoms with Gasteiger partial charge < -0.3 is 10.1 Å². The van der Waals surface area contributed by atoms with Gasteiger partial charge in [-0.3, -0.25) is 4.79 Å². The van der Waals surface area contributed by atoms with E-state index in [-0.39, 0.29) is 11.9 Å². The second-order valence-electron chi connectivity index (χ2n) is 3.57. The molecular weight excluding hydrogens is 206 g/mol. The Bertz CT molecular complexity index is 238. The summed E-state index contributed by atoms with van der Waals surface area (Å²) in [5.41, 5.74) is 0. The van der Waals surface area contributed by atoms with E-state index in [1.807, 2.05) is 6.08 Å². The van der Waals surface area contributed by atoms with E-state index in [0.717, 1.165) is 19.3 Å². The SMILES string of the molecule is C=CCCCCC(NC(=O)CC)C(=O)OC. The molecule has 4 heteroatoms. The lowest BCUT2D eigenvalue weighted by atomic mass is 10.1. The maximum absolute atomic E-state index is 11.4. The average Bonchev–Trinajstić information content (AvgIpc) is 2.31. The molecule has 0 heterocycles. The van der Waals surface area contributed by atoms with E-state index in [2.05, 4.69) is 16.6 Å². The van der Waals surface area contributed by atoms with Gasteiger partial charge in [0.15, 0.2) is 0 Å². The van der Waals surface area contributed by atoms with Crippen molar-refractivity contribution in [2.75, 3.05) is 7.11 Å². The van der Waals surface area contributed by atoms with Crippen LogP contribution in [0.3, 0.4) is 0 Å². The van der Waals surface area contributed by atoms with Gasteiger partial charge in [0, 0.05) is 6.42 Å². The Hall–Kier alpha value is -1.32. The summed E-state index contributed by atoms with van der Waals surface area (Å²) in [4.78, 5) is 22.6. The van der Waals surface area contributed by atoms with Crippen molar-refractivity contribution >= 4 is 11.9 Å². The maximum atomic E-state index is 11.4. The van der Waals surface area contributed by atoms with Crippen molar-refractivity contribution in [2.45, 2.75) is 45.1 Å². The number of allylic oxidation sites excluding steroid dienone is 1. The molecule has 0 aromatic carbocycles. The van der Waals surface area contributed by atoms with Crippen LogP contribution >= 0.6 is 0 Å². The first-order chi connectivity index (χ1) is 7.65. The maximum Gasteiger partial charge on any atom is 0.328 e. The molecule has 0 saturated carbocycles. The fourth-order valence-electron chi connectivity index (χ4n) is 1.32. The number of hydrogen-bond acceptors (Lipinski definition) is 3. The van der Waals surface area contributed by atoms with Crippen LogP contribution in [0.15, 0.2) is 12.7 Å². The van der Waals surface area contributed by atoms with Crippen molar-refractivity contribution in [1.29, 1.82) is 0 Å². The second-order valence-corrected chi connectivity index (χ2v) is 3.57. The van der Waals surface area contributed by atoms with Gasteiger partial charge in [0.1, 0.15) is 6.04 Å². The van der Waals surface area contributed by atoms with Crippen LogP contribution in [-0.4, -0.2) is 25.0 Å². The van der Waals surface area contributed by atoms with Crippen molar-refractivity contribution in [1.82, 2.24) is 5.32 Å². The van der Waals surface area contributed by atoms with Crippen molar-refractivity contribution in [3.8, 4) is 0 Å². The molecule has 0 rings (SSSR count). The van der Waals surface area contributed by atoms with Crippen LogP contribution in [0.25, 0.3) is 0 Å². The third-order valence-corrected chi connectivity index (χ3v) is 2.29. The number of carbonyl (C=O) groups excluding carboxylic acids is 2. The molecule has 0 saturated heterocycles. The van der Waals surface area contributed by atoms with Crippen molar-refractivity contribution in [2.24, 2.45) is 0 Å². The Balaban J connectivity index is 4.05. The molecule has 1 atom stereocenters. The van der Waals surface area contributed by atoms with Crippen LogP contribution < -0.4 is 5.32 Å². The Morgan fingerprint density at radius 2 is 2.12 bits per heavy atom. The summed E-state index contributed by atoms with van der Waals surface area (Å²) in [6.45, 7) is 5.38. The van der Waals surface area contributed by atoms with Gasteiger partial charge in [-0.2, -0.15) is 0 Å². The van der Waals surface area contributed by atoms with Gasteiger partial charge >= 0.3 is 5.97 Å². The highest BCUT2D eigenvalue weighted by Crippen LogP contribution is 2.05. The largest absolute Gasteiger partial charge is 0.467 e. The first-order valence-electron chi connectivity index (χ1n) is 5.63. The number of amides is 1. The Morgan fingerprint density at radius 1 is 1.44 bits per heavy atom. The predicted molar refractivity (Wildman–Crippen MR) is 62.9 cm³/mol. The molecular formula is C12H21NO3. The zero-order chi connectivity index (χ0) is 12.4. The molecule has 0 fully saturated rings. The summed E-state index contributed by atoms with van der Waals surface area (Å²) >= 11 is 0. The van der Waals surface area contributed by atoms with E-state index in [1.54, 1.807) is 6.92 Å². The molecule has 16 heavy (non-hydrogen) atoms. The van der Waals surface area contributed by atoms with Gasteiger partial charge in [0.05, 0.1) is 7.11 Å². The molecule has 0 aliphatic heterocycles. The van der Waals surface area contributed by atoms with Crippen LogP contribution in [-0.2, 0) is 14.3 Å². The Morgan fingerprint density at radius 3 is 2.62 bits per heavy atom. The lowest BCUT2D eigenvalue weighted by Gasteiger charge is -2.15. The van der Waals surface area contributed by atoms with Crippen LogP contribution in [0.5, 0.6) is 0 Å². The number of ether oxygens (including phenoxy) is 1. The summed E-state index contributed by atoms with van der Waals surface area (Å²) in [7, 11) is 1.33. The van der Waals surface area contributed by atoms with Crippen LogP contribution in [0.1, 0.15) is 39.0 Å². The van der Waals surface area contributed by atoms with E-state index in [1.165, 1.54) is 7.11 Å². The third-order valence-electron chi connectivity index (χ3n) is 2.29. The van der Waals surface area contributed by atoms with E-state index in [9.17, 15) is 9.59 Å². The quantitative estimate of drug-likeness (QED) is 0.391. The van der Waals surface area contributed by atoms with Gasteiger partial charge in [-0.05, 0) is 19.3 Å². The van der Waals surface area contributed by atoms with Gasteiger partial charge in [-0.15, -0.1) is 6.58 Å². The monoisotopic (exact) mass is 227 g/mol. The minimum absolute atomic E-state index is 0.126. The first-order valence-corrected chi connectivity index (χ1v) is 5.63. The average molecular weight is 227 g/mol. The molecule has 0 radical (unpaired) electrons. The number of rotatable bonds is 8.